The number of carbonyl (C=O) groups excluding carboxylic acids is 1. The van der Waals surface area contributed by atoms with Crippen LogP contribution in [0.15, 0.2) is 30.3 Å². The molecule has 98 valence electrons. The lowest BCUT2D eigenvalue weighted by molar-refractivity contribution is -0.138. The van der Waals surface area contributed by atoms with Crippen LogP contribution in [0.3, 0.4) is 0 Å². The van der Waals surface area contributed by atoms with E-state index in [1.165, 1.54) is 0 Å². The summed E-state index contributed by atoms with van der Waals surface area (Å²) in [6.07, 6.45) is 0.0866. The topological polar surface area (TPSA) is 118 Å². The summed E-state index contributed by atoms with van der Waals surface area (Å²) in [5.41, 5.74) is 5.53. The van der Waals surface area contributed by atoms with Gasteiger partial charge >= 0.3 is 11.9 Å². The van der Waals surface area contributed by atoms with Gasteiger partial charge in [-0.15, -0.1) is 0 Å². The van der Waals surface area contributed by atoms with Crippen LogP contribution in [-0.4, -0.2) is 28.1 Å². The van der Waals surface area contributed by atoms with Crippen molar-refractivity contribution in [3.8, 4) is 0 Å². The van der Waals surface area contributed by atoms with Crippen molar-refractivity contribution in [2.24, 2.45) is 5.73 Å². The highest BCUT2D eigenvalue weighted by Gasteiger charge is 1.99. The third-order valence-corrected chi connectivity index (χ3v) is 1.84. The Morgan fingerprint density at radius 3 is 1.67 bits per heavy atom. The first-order chi connectivity index (χ1) is 8.43. The lowest BCUT2D eigenvalue weighted by Crippen LogP contribution is -2.09. The van der Waals surface area contributed by atoms with Gasteiger partial charge in [0, 0.05) is 18.4 Å². The minimum atomic E-state index is -0.948. The molecule has 6 heteroatoms. The highest BCUT2D eigenvalue weighted by Crippen LogP contribution is 1.95. The van der Waals surface area contributed by atoms with Gasteiger partial charge in [0.25, 0.3) is 0 Å². The lowest BCUT2D eigenvalue weighted by atomic mass is 10.2. The molecule has 6 nitrogen and oxygen atoms in total. The normalized spacial score (nSPS) is 8.89. The summed E-state index contributed by atoms with van der Waals surface area (Å²) < 4.78 is 0. The zero-order valence-corrected chi connectivity index (χ0v) is 9.70. The van der Waals surface area contributed by atoms with Crippen LogP contribution in [-0.2, 0) is 9.59 Å². The fraction of sp³-hybridized carbons (Fsp3) is 0.250. The maximum atomic E-state index is 10.4. The van der Waals surface area contributed by atoms with E-state index in [2.05, 4.69) is 0 Å². The molecule has 0 fully saturated rings. The molecular formula is C12H15NO5. The fourth-order valence-corrected chi connectivity index (χ4v) is 0.993. The standard InChI is InChI=1S/C7H7NO.C5H8O4/c8-7(9)6-4-2-1-3-5-6;6-4(7)2-1-3-5(8)9/h1-5H,(H2,8,9);1-3H2,(H,6,7)(H,8,9). The Morgan fingerprint density at radius 1 is 0.944 bits per heavy atom. The molecule has 18 heavy (non-hydrogen) atoms. The maximum absolute atomic E-state index is 10.4. The summed E-state index contributed by atoms with van der Waals surface area (Å²) in [7, 11) is 0. The lowest BCUT2D eigenvalue weighted by Gasteiger charge is -1.89. The molecule has 1 amide bonds. The summed E-state index contributed by atoms with van der Waals surface area (Å²) in [5, 5.41) is 16.1. The number of hydrogen-bond acceptors (Lipinski definition) is 3. The second-order valence-corrected chi connectivity index (χ2v) is 3.37. The summed E-state index contributed by atoms with van der Waals surface area (Å²) >= 11 is 0. The van der Waals surface area contributed by atoms with E-state index in [-0.39, 0.29) is 25.2 Å². The Labute approximate surface area is 104 Å². The van der Waals surface area contributed by atoms with E-state index < -0.39 is 11.9 Å². The molecule has 0 aliphatic carbocycles. The molecule has 0 saturated carbocycles. The predicted molar refractivity (Wildman–Crippen MR) is 64.1 cm³/mol. The van der Waals surface area contributed by atoms with Crippen molar-refractivity contribution in [2.75, 3.05) is 0 Å². The molecule has 0 atom stereocenters. The summed E-state index contributed by atoms with van der Waals surface area (Å²) in [6, 6.07) is 8.76. The largest absolute Gasteiger partial charge is 0.481 e. The molecule has 1 rings (SSSR count). The molecular weight excluding hydrogens is 238 g/mol. The van der Waals surface area contributed by atoms with Crippen molar-refractivity contribution in [3.63, 3.8) is 0 Å². The van der Waals surface area contributed by atoms with Gasteiger partial charge in [-0.3, -0.25) is 14.4 Å². The number of aliphatic carboxylic acids is 2. The Hall–Kier alpha value is -2.37. The molecule has 0 aliphatic rings. The molecule has 0 radical (unpaired) electrons. The van der Waals surface area contributed by atoms with E-state index >= 15 is 0 Å². The summed E-state index contributed by atoms with van der Waals surface area (Å²) in [5.74, 6) is -2.27. The first-order valence-corrected chi connectivity index (χ1v) is 5.22. The molecule has 1 aromatic rings. The monoisotopic (exact) mass is 253 g/mol. The quantitative estimate of drug-likeness (QED) is 0.726. The number of carboxylic acids is 2. The van der Waals surface area contributed by atoms with Gasteiger partial charge in [-0.1, -0.05) is 18.2 Å². The first-order valence-electron chi connectivity index (χ1n) is 5.22. The zero-order valence-electron chi connectivity index (χ0n) is 9.70. The van der Waals surface area contributed by atoms with Crippen molar-refractivity contribution in [1.29, 1.82) is 0 Å². The number of nitrogens with two attached hydrogens (primary N) is 1. The molecule has 0 aromatic heterocycles. The van der Waals surface area contributed by atoms with E-state index in [9.17, 15) is 14.4 Å². The van der Waals surface area contributed by atoms with Gasteiger partial charge in [-0.2, -0.15) is 0 Å². The average Bonchev–Trinajstić information content (AvgIpc) is 2.30. The van der Waals surface area contributed by atoms with Crippen molar-refractivity contribution in [2.45, 2.75) is 19.3 Å². The van der Waals surface area contributed by atoms with Crippen LogP contribution in [0.1, 0.15) is 29.6 Å². The van der Waals surface area contributed by atoms with Crippen LogP contribution in [0.25, 0.3) is 0 Å². The van der Waals surface area contributed by atoms with Gasteiger partial charge in [0.1, 0.15) is 0 Å². The number of amides is 1. The maximum Gasteiger partial charge on any atom is 0.303 e. The van der Waals surface area contributed by atoms with Gasteiger partial charge in [-0.25, -0.2) is 0 Å². The van der Waals surface area contributed by atoms with Gasteiger partial charge in [-0.05, 0) is 18.6 Å². The molecule has 0 spiro atoms. The Kier molecular flexibility index (Phi) is 7.59. The van der Waals surface area contributed by atoms with Crippen molar-refractivity contribution < 1.29 is 24.6 Å². The number of hydrogen-bond donors (Lipinski definition) is 3. The van der Waals surface area contributed by atoms with E-state index in [0.29, 0.717) is 5.56 Å². The average molecular weight is 253 g/mol. The van der Waals surface area contributed by atoms with Gasteiger partial charge in [0.05, 0.1) is 0 Å². The van der Waals surface area contributed by atoms with Gasteiger partial charge in [0.2, 0.25) is 5.91 Å². The minimum Gasteiger partial charge on any atom is -0.481 e. The van der Waals surface area contributed by atoms with E-state index in [1.54, 1.807) is 24.3 Å². The predicted octanol–water partition coefficient (Wildman–Crippen LogP) is 1.11. The highest BCUT2D eigenvalue weighted by atomic mass is 16.4. The minimum absolute atomic E-state index is 0.0632. The number of benzene rings is 1. The van der Waals surface area contributed by atoms with Crippen molar-refractivity contribution >= 4 is 17.8 Å². The van der Waals surface area contributed by atoms with E-state index in [1.807, 2.05) is 6.07 Å². The van der Waals surface area contributed by atoms with Crippen LogP contribution >= 0.6 is 0 Å². The molecule has 0 saturated heterocycles. The Bertz CT molecular complexity index is 388. The first kappa shape index (κ1) is 15.6. The fourth-order valence-electron chi connectivity index (χ4n) is 0.993. The number of carboxylic acid groups (broad SMARTS) is 2. The molecule has 4 N–H and O–H groups in total. The van der Waals surface area contributed by atoms with Crippen LogP contribution in [0, 0.1) is 0 Å². The smallest absolute Gasteiger partial charge is 0.303 e. The van der Waals surface area contributed by atoms with Crippen molar-refractivity contribution in [3.05, 3.63) is 35.9 Å². The Balaban J connectivity index is 0.000000321. The van der Waals surface area contributed by atoms with Crippen LogP contribution in [0.2, 0.25) is 0 Å². The number of carbonyl (C=O) groups is 3. The second-order valence-electron chi connectivity index (χ2n) is 3.37. The highest BCUT2D eigenvalue weighted by molar-refractivity contribution is 5.92. The molecule has 1 aromatic carbocycles. The summed E-state index contributed by atoms with van der Waals surface area (Å²) in [4.78, 5) is 30.0. The molecule has 0 heterocycles. The van der Waals surface area contributed by atoms with Crippen LogP contribution < -0.4 is 5.73 Å². The molecule has 0 bridgehead atoms. The Morgan fingerprint density at radius 2 is 1.39 bits per heavy atom. The molecule has 0 aliphatic heterocycles. The molecule has 0 unspecified atom stereocenters. The van der Waals surface area contributed by atoms with Gasteiger partial charge in [0.15, 0.2) is 0 Å². The van der Waals surface area contributed by atoms with E-state index in [0.717, 1.165) is 0 Å². The van der Waals surface area contributed by atoms with Crippen LogP contribution in [0.4, 0.5) is 0 Å². The third kappa shape index (κ3) is 8.90. The number of rotatable bonds is 5. The van der Waals surface area contributed by atoms with Crippen molar-refractivity contribution in [1.82, 2.24) is 0 Å². The van der Waals surface area contributed by atoms with Gasteiger partial charge < -0.3 is 15.9 Å². The van der Waals surface area contributed by atoms with E-state index in [4.69, 9.17) is 15.9 Å². The third-order valence-electron chi connectivity index (χ3n) is 1.84. The zero-order chi connectivity index (χ0) is 14.0. The summed E-state index contributed by atoms with van der Waals surface area (Å²) in [6.45, 7) is 0. The number of primary amides is 1. The van der Waals surface area contributed by atoms with Crippen LogP contribution in [0.5, 0.6) is 0 Å². The second kappa shape index (κ2) is 8.74. The SMILES string of the molecule is NC(=O)c1ccccc1.O=C(O)CCCC(=O)O.